The molecule has 1 heterocycles. The van der Waals surface area contributed by atoms with E-state index in [1.807, 2.05) is 30.3 Å². The van der Waals surface area contributed by atoms with Crippen molar-refractivity contribution in [2.45, 2.75) is 24.8 Å². The van der Waals surface area contributed by atoms with E-state index >= 15 is 0 Å². The van der Waals surface area contributed by atoms with E-state index in [-0.39, 0.29) is 5.91 Å². The first-order valence-electron chi connectivity index (χ1n) is 8.25. The maximum atomic E-state index is 12.1. The van der Waals surface area contributed by atoms with Crippen molar-refractivity contribution in [2.24, 2.45) is 0 Å². The smallest absolute Gasteiger partial charge is 0.253 e. The van der Waals surface area contributed by atoms with Gasteiger partial charge in [0.2, 0.25) is 5.16 Å². The Morgan fingerprint density at radius 2 is 1.92 bits per heavy atom. The van der Waals surface area contributed by atoms with Crippen LogP contribution in [0.3, 0.4) is 0 Å². The fourth-order valence-electron chi connectivity index (χ4n) is 2.49. The molecule has 0 aliphatic heterocycles. The molecule has 7 heteroatoms. The molecule has 0 bridgehead atoms. The number of nitrogens with zero attached hydrogens (tertiary/aromatic N) is 5. The first-order chi connectivity index (χ1) is 12.5. The molecule has 0 saturated heterocycles. The summed E-state index contributed by atoms with van der Waals surface area (Å²) in [6.07, 6.45) is 0. The number of tetrazole rings is 1. The molecule has 0 spiro atoms. The molecule has 3 rings (SSSR count). The molecule has 0 saturated carbocycles. The van der Waals surface area contributed by atoms with Crippen LogP contribution in [-0.4, -0.2) is 45.1 Å². The Kier molecular flexibility index (Phi) is 5.37. The van der Waals surface area contributed by atoms with E-state index in [1.54, 1.807) is 35.4 Å². The lowest BCUT2D eigenvalue weighted by Gasteiger charge is -2.11. The largest absolute Gasteiger partial charge is 0.345 e. The zero-order valence-corrected chi connectivity index (χ0v) is 16.1. The van der Waals surface area contributed by atoms with Crippen molar-refractivity contribution in [1.82, 2.24) is 25.1 Å². The van der Waals surface area contributed by atoms with Crippen LogP contribution in [0.4, 0.5) is 0 Å². The maximum absolute atomic E-state index is 12.1. The molecule has 0 radical (unpaired) electrons. The maximum Gasteiger partial charge on any atom is 0.253 e. The zero-order chi connectivity index (χ0) is 18.7. The van der Waals surface area contributed by atoms with Gasteiger partial charge >= 0.3 is 0 Å². The highest BCUT2D eigenvalue weighted by Crippen LogP contribution is 2.24. The number of aromatic nitrogens is 4. The Morgan fingerprint density at radius 3 is 2.65 bits per heavy atom. The van der Waals surface area contributed by atoms with Crippen LogP contribution < -0.4 is 0 Å². The molecule has 0 aliphatic rings. The number of rotatable bonds is 5. The molecule has 0 aliphatic carbocycles. The lowest BCUT2D eigenvalue weighted by molar-refractivity contribution is 0.0827. The summed E-state index contributed by atoms with van der Waals surface area (Å²) in [7, 11) is 3.50. The lowest BCUT2D eigenvalue weighted by atomic mass is 10.1. The number of carbonyl (C=O) groups excluding carboxylic acids is 1. The van der Waals surface area contributed by atoms with Crippen molar-refractivity contribution in [3.63, 3.8) is 0 Å². The van der Waals surface area contributed by atoms with Gasteiger partial charge in [0.05, 0.1) is 5.69 Å². The van der Waals surface area contributed by atoms with Gasteiger partial charge in [0, 0.05) is 25.4 Å². The second-order valence-corrected chi connectivity index (χ2v) is 7.27. The fraction of sp³-hybridized carbons (Fsp3) is 0.263. The minimum atomic E-state index is -0.00295. The monoisotopic (exact) mass is 367 g/mol. The molecule has 0 N–H and O–H groups in total. The van der Waals surface area contributed by atoms with Crippen molar-refractivity contribution in [1.29, 1.82) is 0 Å². The topological polar surface area (TPSA) is 63.9 Å². The Hall–Kier alpha value is -2.67. The number of carbonyl (C=O) groups is 1. The van der Waals surface area contributed by atoms with E-state index in [1.165, 1.54) is 11.1 Å². The molecule has 2 aromatic carbocycles. The second kappa shape index (κ2) is 7.70. The normalized spacial score (nSPS) is 10.8. The van der Waals surface area contributed by atoms with Gasteiger partial charge in [-0.1, -0.05) is 30.0 Å². The van der Waals surface area contributed by atoms with E-state index in [0.29, 0.717) is 11.3 Å². The number of aryl methyl sites for hydroxylation is 2. The van der Waals surface area contributed by atoms with Crippen LogP contribution >= 0.6 is 11.8 Å². The summed E-state index contributed by atoms with van der Waals surface area (Å²) in [6.45, 7) is 4.15. The minimum Gasteiger partial charge on any atom is -0.345 e. The molecule has 0 fully saturated rings. The second-order valence-electron chi connectivity index (χ2n) is 6.33. The summed E-state index contributed by atoms with van der Waals surface area (Å²) >= 11 is 1.54. The lowest BCUT2D eigenvalue weighted by Crippen LogP contribution is -2.21. The van der Waals surface area contributed by atoms with Gasteiger partial charge in [-0.05, 0) is 65.2 Å². The number of benzene rings is 2. The van der Waals surface area contributed by atoms with Crippen molar-refractivity contribution < 1.29 is 4.79 Å². The number of hydrogen-bond acceptors (Lipinski definition) is 5. The highest BCUT2D eigenvalue weighted by Gasteiger charge is 2.12. The van der Waals surface area contributed by atoms with Gasteiger partial charge in [0.15, 0.2) is 0 Å². The van der Waals surface area contributed by atoms with Gasteiger partial charge in [-0.3, -0.25) is 4.79 Å². The first-order valence-corrected chi connectivity index (χ1v) is 9.23. The highest BCUT2D eigenvalue weighted by atomic mass is 32.2. The van der Waals surface area contributed by atoms with Crippen LogP contribution in [0.2, 0.25) is 0 Å². The Bertz CT molecular complexity index is 935. The quantitative estimate of drug-likeness (QED) is 0.648. The molecule has 0 unspecified atom stereocenters. The summed E-state index contributed by atoms with van der Waals surface area (Å²) in [5, 5.41) is 12.8. The Labute approximate surface area is 157 Å². The summed E-state index contributed by atoms with van der Waals surface area (Å²) < 4.78 is 1.74. The van der Waals surface area contributed by atoms with Crippen molar-refractivity contribution >= 4 is 17.7 Å². The third-order valence-electron chi connectivity index (χ3n) is 4.12. The number of hydrogen-bond donors (Lipinski definition) is 0. The third kappa shape index (κ3) is 3.94. The molecule has 26 heavy (non-hydrogen) atoms. The summed E-state index contributed by atoms with van der Waals surface area (Å²) in [4.78, 5) is 13.7. The fourth-order valence-corrected chi connectivity index (χ4v) is 3.32. The van der Waals surface area contributed by atoms with Gasteiger partial charge in [-0.2, -0.15) is 4.68 Å². The Morgan fingerprint density at radius 1 is 1.12 bits per heavy atom. The van der Waals surface area contributed by atoms with Crippen LogP contribution in [0.1, 0.15) is 27.0 Å². The standard InChI is InChI=1S/C19H21N5OS/c1-13-8-9-17(10-14(13)2)24-19(20-21-22-24)26-12-15-6-5-7-16(11-15)18(25)23(3)4/h5-11H,12H2,1-4H3. The predicted octanol–water partition coefficient (Wildman–Crippen LogP) is 3.27. The molecular formula is C19H21N5OS. The molecular weight excluding hydrogens is 346 g/mol. The minimum absolute atomic E-state index is 0.00295. The van der Waals surface area contributed by atoms with E-state index in [0.717, 1.165) is 16.4 Å². The van der Waals surface area contributed by atoms with Gasteiger partial charge in [-0.25, -0.2) is 0 Å². The van der Waals surface area contributed by atoms with Crippen LogP contribution in [0.5, 0.6) is 0 Å². The zero-order valence-electron chi connectivity index (χ0n) is 15.3. The van der Waals surface area contributed by atoms with Gasteiger partial charge in [0.25, 0.3) is 5.91 Å². The first kappa shape index (κ1) is 18.1. The van der Waals surface area contributed by atoms with Crippen LogP contribution in [0.25, 0.3) is 5.69 Å². The molecule has 1 aromatic heterocycles. The average Bonchev–Trinajstić information content (AvgIpc) is 3.10. The Balaban J connectivity index is 1.77. The van der Waals surface area contributed by atoms with Crippen LogP contribution in [0.15, 0.2) is 47.6 Å². The van der Waals surface area contributed by atoms with E-state index in [9.17, 15) is 4.79 Å². The average molecular weight is 367 g/mol. The molecule has 0 atom stereocenters. The van der Waals surface area contributed by atoms with E-state index < -0.39 is 0 Å². The molecule has 3 aromatic rings. The molecule has 1 amide bonds. The van der Waals surface area contributed by atoms with E-state index in [4.69, 9.17) is 0 Å². The van der Waals surface area contributed by atoms with Gasteiger partial charge in [-0.15, -0.1) is 5.10 Å². The summed E-state index contributed by atoms with van der Waals surface area (Å²) in [5.74, 6) is 0.677. The van der Waals surface area contributed by atoms with Crippen molar-refractivity contribution in [3.8, 4) is 5.69 Å². The SMILES string of the molecule is Cc1ccc(-n2nnnc2SCc2cccc(C(=O)N(C)C)c2)cc1C. The van der Waals surface area contributed by atoms with Crippen molar-refractivity contribution in [2.75, 3.05) is 14.1 Å². The predicted molar refractivity (Wildman–Crippen MR) is 103 cm³/mol. The molecule has 6 nitrogen and oxygen atoms in total. The van der Waals surface area contributed by atoms with Gasteiger partial charge < -0.3 is 4.90 Å². The van der Waals surface area contributed by atoms with E-state index in [2.05, 4.69) is 41.5 Å². The van der Waals surface area contributed by atoms with Crippen LogP contribution in [0, 0.1) is 13.8 Å². The molecule has 134 valence electrons. The summed E-state index contributed by atoms with van der Waals surface area (Å²) in [6, 6.07) is 13.8. The number of thioether (sulfide) groups is 1. The number of amides is 1. The van der Waals surface area contributed by atoms with Gasteiger partial charge in [0.1, 0.15) is 0 Å². The third-order valence-corrected chi connectivity index (χ3v) is 5.11. The summed E-state index contributed by atoms with van der Waals surface area (Å²) in [5.41, 5.74) is 5.11. The van der Waals surface area contributed by atoms with Crippen LogP contribution in [-0.2, 0) is 5.75 Å². The highest BCUT2D eigenvalue weighted by molar-refractivity contribution is 7.98. The van der Waals surface area contributed by atoms with Crippen molar-refractivity contribution in [3.05, 3.63) is 64.7 Å².